The number of amides is 1. The van der Waals surface area contributed by atoms with Gasteiger partial charge in [0.2, 0.25) is 6.41 Å². The van der Waals surface area contributed by atoms with Gasteiger partial charge in [-0.05, 0) is 24.5 Å². The van der Waals surface area contributed by atoms with Crippen molar-refractivity contribution in [1.29, 1.82) is 0 Å². The fourth-order valence-electron chi connectivity index (χ4n) is 1.74. The summed E-state index contributed by atoms with van der Waals surface area (Å²) in [6.45, 7) is 0.622. The third-order valence-electron chi connectivity index (χ3n) is 2.33. The van der Waals surface area contributed by atoms with E-state index >= 15 is 0 Å². The molecule has 0 aromatic heterocycles. The van der Waals surface area contributed by atoms with Gasteiger partial charge < -0.3 is 4.90 Å². The van der Waals surface area contributed by atoms with E-state index in [4.69, 9.17) is 0 Å². The second-order valence-corrected chi connectivity index (χ2v) is 3.15. The Balaban J connectivity index is 2.53. The van der Waals surface area contributed by atoms with E-state index in [0.717, 1.165) is 18.4 Å². The number of nitrogens with zero attached hydrogens (tertiary/aromatic N) is 1. The average molecular weight is 179 g/mol. The van der Waals surface area contributed by atoms with Gasteiger partial charge in [-0.1, -0.05) is 12.1 Å². The Labute approximate surface area is 76.0 Å². The third-order valence-corrected chi connectivity index (χ3v) is 2.33. The first-order chi connectivity index (χ1) is 6.33. The van der Waals surface area contributed by atoms with Crippen LogP contribution in [0.15, 0.2) is 18.2 Å². The van der Waals surface area contributed by atoms with Crippen molar-refractivity contribution in [2.75, 3.05) is 11.4 Å². The van der Waals surface area contributed by atoms with E-state index < -0.39 is 0 Å². The lowest BCUT2D eigenvalue weighted by molar-refractivity contribution is -0.107. The highest BCUT2D eigenvalue weighted by Gasteiger charge is 2.19. The molecule has 0 aliphatic carbocycles. The van der Waals surface area contributed by atoms with Crippen LogP contribution in [0.2, 0.25) is 0 Å². The average Bonchev–Trinajstić information content (AvgIpc) is 2.17. The van der Waals surface area contributed by atoms with E-state index in [1.54, 1.807) is 6.07 Å². The van der Waals surface area contributed by atoms with Gasteiger partial charge in [0.05, 0.1) is 5.69 Å². The molecule has 1 heterocycles. The van der Waals surface area contributed by atoms with Gasteiger partial charge in [0.25, 0.3) is 0 Å². The Kier molecular flexibility index (Phi) is 2.00. The summed E-state index contributed by atoms with van der Waals surface area (Å²) in [4.78, 5) is 12.1. The highest BCUT2D eigenvalue weighted by atomic mass is 19.1. The molecule has 68 valence electrons. The quantitative estimate of drug-likeness (QED) is 0.601. The van der Waals surface area contributed by atoms with E-state index in [1.807, 2.05) is 6.07 Å². The molecule has 1 aromatic carbocycles. The summed E-state index contributed by atoms with van der Waals surface area (Å²) < 4.78 is 13.3. The van der Waals surface area contributed by atoms with Crippen LogP contribution in [-0.2, 0) is 11.2 Å². The van der Waals surface area contributed by atoms with Crippen molar-refractivity contribution in [3.63, 3.8) is 0 Å². The zero-order valence-corrected chi connectivity index (χ0v) is 7.16. The van der Waals surface area contributed by atoms with Crippen LogP contribution in [0.1, 0.15) is 12.0 Å². The van der Waals surface area contributed by atoms with Crippen LogP contribution in [0.4, 0.5) is 10.1 Å². The van der Waals surface area contributed by atoms with Crippen LogP contribution >= 0.6 is 0 Å². The Bertz CT molecular complexity index is 338. The summed E-state index contributed by atoms with van der Waals surface area (Å²) in [5, 5.41) is 0. The maximum atomic E-state index is 13.3. The van der Waals surface area contributed by atoms with Crippen LogP contribution in [0.25, 0.3) is 0 Å². The molecule has 1 aromatic rings. The number of hydrogen-bond acceptors (Lipinski definition) is 1. The minimum Gasteiger partial charge on any atom is -0.312 e. The van der Waals surface area contributed by atoms with Gasteiger partial charge >= 0.3 is 0 Å². The lowest BCUT2D eigenvalue weighted by Gasteiger charge is -2.25. The number of para-hydroxylation sites is 1. The minimum atomic E-state index is -0.302. The summed E-state index contributed by atoms with van der Waals surface area (Å²) in [5.74, 6) is -0.302. The van der Waals surface area contributed by atoms with Gasteiger partial charge in [-0.3, -0.25) is 4.79 Å². The van der Waals surface area contributed by atoms with Gasteiger partial charge in [0, 0.05) is 6.54 Å². The highest BCUT2D eigenvalue weighted by molar-refractivity contribution is 5.78. The van der Waals surface area contributed by atoms with E-state index in [2.05, 4.69) is 0 Å². The first-order valence-electron chi connectivity index (χ1n) is 4.32. The van der Waals surface area contributed by atoms with Gasteiger partial charge in [-0.15, -0.1) is 0 Å². The Morgan fingerprint density at radius 1 is 1.46 bits per heavy atom. The maximum Gasteiger partial charge on any atom is 0.214 e. The molecule has 0 unspecified atom stereocenters. The molecule has 3 heteroatoms. The van der Waals surface area contributed by atoms with E-state index in [9.17, 15) is 9.18 Å². The Hall–Kier alpha value is -1.38. The molecule has 1 aliphatic heterocycles. The van der Waals surface area contributed by atoms with Crippen molar-refractivity contribution in [1.82, 2.24) is 0 Å². The molecule has 0 N–H and O–H groups in total. The number of anilines is 1. The monoisotopic (exact) mass is 179 g/mol. The Morgan fingerprint density at radius 2 is 2.31 bits per heavy atom. The smallest absolute Gasteiger partial charge is 0.214 e. The van der Waals surface area contributed by atoms with E-state index in [1.165, 1.54) is 11.0 Å². The molecule has 0 saturated carbocycles. The molecular formula is C10H10FNO. The van der Waals surface area contributed by atoms with Crippen molar-refractivity contribution in [3.8, 4) is 0 Å². The van der Waals surface area contributed by atoms with Gasteiger partial charge in [0.15, 0.2) is 0 Å². The van der Waals surface area contributed by atoms with Crippen LogP contribution in [0, 0.1) is 5.82 Å². The molecule has 0 spiro atoms. The number of hydrogen-bond donors (Lipinski definition) is 0. The molecule has 0 bridgehead atoms. The van der Waals surface area contributed by atoms with Gasteiger partial charge in [-0.25, -0.2) is 4.39 Å². The summed E-state index contributed by atoms with van der Waals surface area (Å²) >= 11 is 0. The minimum absolute atomic E-state index is 0.302. The fraction of sp³-hybridized carbons (Fsp3) is 0.300. The number of benzene rings is 1. The predicted octanol–water partition coefficient (Wildman–Crippen LogP) is 1.73. The second kappa shape index (κ2) is 3.17. The largest absolute Gasteiger partial charge is 0.312 e. The SMILES string of the molecule is O=CN1CCCc2cccc(F)c21. The lowest BCUT2D eigenvalue weighted by atomic mass is 10.0. The van der Waals surface area contributed by atoms with Crippen LogP contribution in [0.5, 0.6) is 0 Å². The fourth-order valence-corrected chi connectivity index (χ4v) is 1.74. The van der Waals surface area contributed by atoms with Crippen molar-refractivity contribution in [2.24, 2.45) is 0 Å². The normalized spacial score (nSPS) is 15.3. The van der Waals surface area contributed by atoms with Crippen LogP contribution in [0.3, 0.4) is 0 Å². The molecule has 0 saturated heterocycles. The summed E-state index contributed by atoms with van der Waals surface area (Å²) in [6.07, 6.45) is 2.47. The van der Waals surface area contributed by atoms with Crippen molar-refractivity contribution in [3.05, 3.63) is 29.6 Å². The standard InChI is InChI=1S/C10H10FNO/c11-9-5-1-3-8-4-2-6-12(7-13)10(8)9/h1,3,5,7H,2,4,6H2. The van der Waals surface area contributed by atoms with Gasteiger partial charge in [-0.2, -0.15) is 0 Å². The third kappa shape index (κ3) is 1.30. The zero-order valence-electron chi connectivity index (χ0n) is 7.16. The first kappa shape index (κ1) is 8.23. The lowest BCUT2D eigenvalue weighted by Crippen LogP contribution is -2.28. The summed E-state index contributed by atoms with van der Waals surface area (Å²) in [5.41, 5.74) is 1.39. The molecule has 0 atom stereocenters. The van der Waals surface area contributed by atoms with Crippen molar-refractivity contribution in [2.45, 2.75) is 12.8 Å². The first-order valence-corrected chi connectivity index (χ1v) is 4.32. The van der Waals surface area contributed by atoms with Gasteiger partial charge in [0.1, 0.15) is 5.82 Å². The summed E-state index contributed by atoms with van der Waals surface area (Å²) in [7, 11) is 0. The number of carbonyl (C=O) groups excluding carboxylic acids is 1. The number of carbonyl (C=O) groups is 1. The maximum absolute atomic E-state index is 13.3. The van der Waals surface area contributed by atoms with Crippen molar-refractivity contribution < 1.29 is 9.18 Å². The summed E-state index contributed by atoms with van der Waals surface area (Å²) in [6, 6.07) is 4.94. The molecule has 2 rings (SSSR count). The molecule has 1 aliphatic rings. The number of aryl methyl sites for hydroxylation is 1. The predicted molar refractivity (Wildman–Crippen MR) is 48.1 cm³/mol. The van der Waals surface area contributed by atoms with E-state index in [0.29, 0.717) is 18.6 Å². The second-order valence-electron chi connectivity index (χ2n) is 3.15. The molecule has 1 amide bonds. The molecule has 13 heavy (non-hydrogen) atoms. The molecule has 0 radical (unpaired) electrons. The highest BCUT2D eigenvalue weighted by Crippen LogP contribution is 2.28. The zero-order chi connectivity index (χ0) is 9.26. The van der Waals surface area contributed by atoms with Crippen LogP contribution in [-0.4, -0.2) is 13.0 Å². The molecular weight excluding hydrogens is 169 g/mol. The Morgan fingerprint density at radius 3 is 3.08 bits per heavy atom. The number of rotatable bonds is 1. The van der Waals surface area contributed by atoms with E-state index in [-0.39, 0.29) is 5.82 Å². The van der Waals surface area contributed by atoms with Crippen molar-refractivity contribution >= 4 is 12.1 Å². The topological polar surface area (TPSA) is 20.3 Å². The van der Waals surface area contributed by atoms with Crippen LogP contribution < -0.4 is 4.90 Å². The number of fused-ring (bicyclic) bond motifs is 1. The molecule has 2 nitrogen and oxygen atoms in total. The number of halogens is 1. The molecule has 0 fully saturated rings.